The highest BCUT2D eigenvalue weighted by Crippen LogP contribution is 2.25. The monoisotopic (exact) mass is 430 g/mol. The first kappa shape index (κ1) is 21.0. The molecule has 3 rings (SSSR count). The Bertz CT molecular complexity index is 848. The Morgan fingerprint density at radius 3 is 2.43 bits per heavy atom. The molecular weight excluding hydrogens is 408 g/mol. The fourth-order valence-corrected chi connectivity index (χ4v) is 4.86. The van der Waals surface area contributed by atoms with Gasteiger partial charge in [0.05, 0.1) is 28.7 Å². The van der Waals surface area contributed by atoms with Gasteiger partial charge in [0.2, 0.25) is 10.0 Å². The molecule has 2 aliphatic heterocycles. The van der Waals surface area contributed by atoms with E-state index in [-0.39, 0.29) is 34.5 Å². The van der Waals surface area contributed by atoms with Gasteiger partial charge in [-0.3, -0.25) is 4.79 Å². The smallest absolute Gasteiger partial charge is 0.340 e. The number of likely N-dealkylation sites (tertiary alicyclic amines) is 1. The van der Waals surface area contributed by atoms with Crippen LogP contribution in [-0.2, 0) is 24.3 Å². The molecule has 0 saturated carbocycles. The van der Waals surface area contributed by atoms with E-state index in [1.165, 1.54) is 29.4 Å². The zero-order valence-corrected chi connectivity index (χ0v) is 17.2. The highest BCUT2D eigenvalue weighted by atomic mass is 35.5. The fraction of sp³-hybridized carbons (Fsp3) is 0.556. The van der Waals surface area contributed by atoms with Gasteiger partial charge < -0.3 is 14.4 Å². The SMILES string of the molecule is CC(OC(=O)c1cc(S(=O)(=O)N2CCOCC2)ccc1Cl)C(=O)N1CCCC1. The van der Waals surface area contributed by atoms with Crippen LogP contribution in [0, 0.1) is 0 Å². The standard InChI is InChI=1S/C18H23ClN2O6S/c1-13(17(22)20-6-2-3-7-20)27-18(23)15-12-14(4-5-16(15)19)28(24,25)21-8-10-26-11-9-21/h4-5,12-13H,2-3,6-11H2,1H3. The normalized spacial score (nSPS) is 19.4. The quantitative estimate of drug-likeness (QED) is 0.657. The number of amides is 1. The zero-order valence-electron chi connectivity index (χ0n) is 15.6. The van der Waals surface area contributed by atoms with Gasteiger partial charge in [0.1, 0.15) is 0 Å². The number of halogens is 1. The van der Waals surface area contributed by atoms with Crippen LogP contribution < -0.4 is 0 Å². The van der Waals surface area contributed by atoms with E-state index in [0.717, 1.165) is 12.8 Å². The maximum absolute atomic E-state index is 12.8. The predicted octanol–water partition coefficient (Wildman–Crippen LogP) is 1.53. The van der Waals surface area contributed by atoms with Gasteiger partial charge in [-0.15, -0.1) is 0 Å². The van der Waals surface area contributed by atoms with Crippen molar-refractivity contribution in [3.8, 4) is 0 Å². The highest BCUT2D eigenvalue weighted by molar-refractivity contribution is 7.89. The minimum Gasteiger partial charge on any atom is -0.449 e. The van der Waals surface area contributed by atoms with Gasteiger partial charge in [-0.25, -0.2) is 13.2 Å². The number of carbonyl (C=O) groups excluding carboxylic acids is 2. The number of morpholine rings is 1. The number of nitrogens with zero attached hydrogens (tertiary/aromatic N) is 2. The van der Waals surface area contributed by atoms with E-state index in [1.807, 2.05) is 0 Å². The first-order valence-electron chi connectivity index (χ1n) is 9.18. The van der Waals surface area contributed by atoms with Crippen LogP contribution in [0.25, 0.3) is 0 Å². The molecule has 0 aromatic heterocycles. The van der Waals surface area contributed by atoms with Gasteiger partial charge in [0, 0.05) is 26.2 Å². The largest absolute Gasteiger partial charge is 0.449 e. The molecule has 1 aromatic rings. The van der Waals surface area contributed by atoms with Crippen molar-refractivity contribution in [2.75, 3.05) is 39.4 Å². The summed E-state index contributed by atoms with van der Waals surface area (Å²) < 4.78 is 37.3. The lowest BCUT2D eigenvalue weighted by molar-refractivity contribution is -0.138. The van der Waals surface area contributed by atoms with Crippen molar-refractivity contribution in [3.63, 3.8) is 0 Å². The summed E-state index contributed by atoms with van der Waals surface area (Å²) in [5.74, 6) is -1.09. The van der Waals surface area contributed by atoms with Crippen molar-refractivity contribution in [2.45, 2.75) is 30.8 Å². The molecule has 8 nitrogen and oxygen atoms in total. The van der Waals surface area contributed by atoms with Crippen molar-refractivity contribution in [2.24, 2.45) is 0 Å². The van der Waals surface area contributed by atoms with Crippen LogP contribution in [0.15, 0.2) is 23.1 Å². The van der Waals surface area contributed by atoms with E-state index in [0.29, 0.717) is 26.3 Å². The maximum atomic E-state index is 12.8. The summed E-state index contributed by atoms with van der Waals surface area (Å²) in [5, 5.41) is 0.0618. The van der Waals surface area contributed by atoms with E-state index in [2.05, 4.69) is 0 Å². The van der Waals surface area contributed by atoms with E-state index in [4.69, 9.17) is 21.1 Å². The van der Waals surface area contributed by atoms with Crippen molar-refractivity contribution in [3.05, 3.63) is 28.8 Å². The van der Waals surface area contributed by atoms with Gasteiger partial charge in [-0.2, -0.15) is 4.31 Å². The van der Waals surface area contributed by atoms with Crippen LogP contribution in [0.5, 0.6) is 0 Å². The minimum absolute atomic E-state index is 0.0516. The molecule has 1 unspecified atom stereocenters. The molecule has 0 N–H and O–H groups in total. The van der Waals surface area contributed by atoms with Crippen LogP contribution in [0.3, 0.4) is 0 Å². The van der Waals surface area contributed by atoms with Gasteiger partial charge >= 0.3 is 5.97 Å². The Kier molecular flexibility index (Phi) is 6.59. The molecule has 0 spiro atoms. The van der Waals surface area contributed by atoms with Crippen LogP contribution >= 0.6 is 11.6 Å². The Morgan fingerprint density at radius 2 is 1.79 bits per heavy atom. The number of hydrogen-bond donors (Lipinski definition) is 0. The summed E-state index contributed by atoms with van der Waals surface area (Å²) in [5.41, 5.74) is -0.0860. The number of sulfonamides is 1. The first-order chi connectivity index (χ1) is 13.3. The van der Waals surface area contributed by atoms with Gasteiger partial charge in [0.15, 0.2) is 6.10 Å². The molecule has 2 heterocycles. The molecule has 28 heavy (non-hydrogen) atoms. The zero-order chi connectivity index (χ0) is 20.3. The van der Waals surface area contributed by atoms with Crippen molar-refractivity contribution >= 4 is 33.5 Å². The van der Waals surface area contributed by atoms with Crippen molar-refractivity contribution in [1.29, 1.82) is 0 Å². The van der Waals surface area contributed by atoms with Gasteiger partial charge in [0.25, 0.3) is 5.91 Å². The van der Waals surface area contributed by atoms with E-state index < -0.39 is 22.1 Å². The second kappa shape index (κ2) is 8.77. The third-order valence-electron chi connectivity index (χ3n) is 4.81. The van der Waals surface area contributed by atoms with Crippen molar-refractivity contribution < 1.29 is 27.5 Å². The molecular formula is C18H23ClN2O6S. The Balaban J connectivity index is 1.77. The van der Waals surface area contributed by atoms with Crippen LogP contribution in [0.2, 0.25) is 5.02 Å². The summed E-state index contributed by atoms with van der Waals surface area (Å²) in [7, 11) is -3.78. The topological polar surface area (TPSA) is 93.2 Å². The number of esters is 1. The Morgan fingerprint density at radius 1 is 1.14 bits per heavy atom. The number of carbonyl (C=O) groups is 2. The first-order valence-corrected chi connectivity index (χ1v) is 11.0. The van der Waals surface area contributed by atoms with Gasteiger partial charge in [-0.1, -0.05) is 11.6 Å². The fourth-order valence-electron chi connectivity index (χ4n) is 3.23. The predicted molar refractivity (Wildman–Crippen MR) is 102 cm³/mol. The molecule has 1 aromatic carbocycles. The molecule has 1 atom stereocenters. The molecule has 1 amide bonds. The molecule has 0 radical (unpaired) electrons. The molecule has 2 fully saturated rings. The van der Waals surface area contributed by atoms with E-state index in [1.54, 1.807) is 4.90 Å². The lowest BCUT2D eigenvalue weighted by Gasteiger charge is -2.26. The Labute approximate surface area is 169 Å². The second-order valence-corrected chi connectivity index (χ2v) is 9.08. The third kappa shape index (κ3) is 4.48. The second-order valence-electron chi connectivity index (χ2n) is 6.74. The molecule has 2 aliphatic rings. The number of hydrogen-bond acceptors (Lipinski definition) is 6. The van der Waals surface area contributed by atoms with Crippen LogP contribution in [0.4, 0.5) is 0 Å². The Hall–Kier alpha value is -1.68. The van der Waals surface area contributed by atoms with Crippen molar-refractivity contribution in [1.82, 2.24) is 9.21 Å². The number of ether oxygens (including phenoxy) is 2. The number of rotatable bonds is 5. The summed E-state index contributed by atoms with van der Waals surface area (Å²) in [6.45, 7) is 3.91. The summed E-state index contributed by atoms with van der Waals surface area (Å²) in [4.78, 5) is 26.5. The maximum Gasteiger partial charge on any atom is 0.340 e. The molecule has 0 bridgehead atoms. The molecule has 10 heteroatoms. The summed E-state index contributed by atoms with van der Waals surface area (Å²) in [6, 6.07) is 3.89. The lowest BCUT2D eigenvalue weighted by atomic mass is 10.2. The average molecular weight is 431 g/mol. The summed E-state index contributed by atoms with van der Waals surface area (Å²) >= 11 is 6.09. The molecule has 0 aliphatic carbocycles. The third-order valence-corrected chi connectivity index (χ3v) is 7.04. The minimum atomic E-state index is -3.78. The average Bonchev–Trinajstić information content (AvgIpc) is 3.22. The van der Waals surface area contributed by atoms with E-state index >= 15 is 0 Å². The van der Waals surface area contributed by atoms with Gasteiger partial charge in [-0.05, 0) is 38.0 Å². The number of benzene rings is 1. The lowest BCUT2D eigenvalue weighted by Crippen LogP contribution is -2.40. The van der Waals surface area contributed by atoms with E-state index in [9.17, 15) is 18.0 Å². The highest BCUT2D eigenvalue weighted by Gasteiger charge is 2.30. The van der Waals surface area contributed by atoms with Crippen LogP contribution in [-0.4, -0.2) is 75.0 Å². The summed E-state index contributed by atoms with van der Waals surface area (Å²) in [6.07, 6.45) is 0.889. The van der Waals surface area contributed by atoms with Crippen LogP contribution in [0.1, 0.15) is 30.1 Å². The molecule has 154 valence electrons. The molecule has 2 saturated heterocycles.